The Morgan fingerprint density at radius 2 is 1.71 bits per heavy atom. The molecule has 0 aliphatic heterocycles. The molecule has 190 valence electrons. The van der Waals surface area contributed by atoms with Crippen LogP contribution in [0.15, 0.2) is 67.3 Å². The van der Waals surface area contributed by atoms with E-state index >= 15 is 0 Å². The molecular weight excluding hydrogens is 444 g/mol. The smallest absolute Gasteiger partial charge is 0.408 e. The number of rotatable bonds is 12. The lowest BCUT2D eigenvalue weighted by Gasteiger charge is -2.31. The molecule has 1 amide bonds. The molecule has 0 spiro atoms. The topological polar surface area (TPSA) is 77.1 Å². The van der Waals surface area contributed by atoms with E-state index in [4.69, 9.17) is 14.2 Å². The molecule has 0 aliphatic rings. The van der Waals surface area contributed by atoms with Gasteiger partial charge in [-0.2, -0.15) is 0 Å². The fourth-order valence-corrected chi connectivity index (χ4v) is 3.66. The lowest BCUT2D eigenvalue weighted by atomic mass is 9.94. The number of allylic oxidation sites excluding steroid dienone is 1. The van der Waals surface area contributed by atoms with Crippen molar-refractivity contribution in [3.05, 3.63) is 78.4 Å². The van der Waals surface area contributed by atoms with Gasteiger partial charge in [0.1, 0.15) is 24.0 Å². The van der Waals surface area contributed by atoms with Gasteiger partial charge in [-0.05, 0) is 57.5 Å². The number of alkyl carbamates (subject to hydrolysis) is 1. The number of carbonyl (C=O) groups is 2. The maximum Gasteiger partial charge on any atom is 0.408 e. The first-order valence-corrected chi connectivity index (χ1v) is 11.7. The van der Waals surface area contributed by atoms with Crippen LogP contribution >= 0.6 is 0 Å². The van der Waals surface area contributed by atoms with Crippen molar-refractivity contribution in [3.8, 4) is 5.75 Å². The Bertz CT molecular complexity index is 938. The van der Waals surface area contributed by atoms with E-state index < -0.39 is 23.7 Å². The second kappa shape index (κ2) is 13.5. The molecule has 0 aromatic heterocycles. The van der Waals surface area contributed by atoms with Crippen molar-refractivity contribution in [2.24, 2.45) is 5.92 Å². The minimum Gasteiger partial charge on any atom is -0.497 e. The molecular formula is C28H38N2O5. The average molecular weight is 483 g/mol. The Kier molecular flexibility index (Phi) is 10.8. The second-order valence-corrected chi connectivity index (χ2v) is 9.55. The molecule has 35 heavy (non-hydrogen) atoms. The zero-order valence-electron chi connectivity index (χ0n) is 21.5. The van der Waals surface area contributed by atoms with E-state index in [0.717, 1.165) is 16.9 Å². The highest BCUT2D eigenvalue weighted by atomic mass is 16.6. The van der Waals surface area contributed by atoms with Gasteiger partial charge in [-0.3, -0.25) is 0 Å². The molecule has 0 unspecified atom stereocenters. The molecule has 0 radical (unpaired) electrons. The third kappa shape index (κ3) is 10.2. The molecule has 0 bridgehead atoms. The van der Waals surface area contributed by atoms with Crippen molar-refractivity contribution in [1.82, 2.24) is 10.2 Å². The summed E-state index contributed by atoms with van der Waals surface area (Å²) in [4.78, 5) is 27.9. The Morgan fingerprint density at radius 3 is 2.29 bits per heavy atom. The van der Waals surface area contributed by atoms with Crippen LogP contribution in [0, 0.1) is 5.92 Å². The highest BCUT2D eigenvalue weighted by molar-refractivity contribution is 5.82. The van der Waals surface area contributed by atoms with Crippen LogP contribution in [-0.4, -0.2) is 49.3 Å². The largest absolute Gasteiger partial charge is 0.497 e. The summed E-state index contributed by atoms with van der Waals surface area (Å²) < 4.78 is 16.2. The van der Waals surface area contributed by atoms with Crippen LogP contribution in [0.25, 0.3) is 0 Å². The molecule has 0 heterocycles. The number of methoxy groups -OCH3 is 1. The van der Waals surface area contributed by atoms with E-state index in [9.17, 15) is 9.59 Å². The lowest BCUT2D eigenvalue weighted by molar-refractivity contribution is -0.159. The van der Waals surface area contributed by atoms with Crippen molar-refractivity contribution < 1.29 is 23.8 Å². The Labute approximate surface area is 209 Å². The van der Waals surface area contributed by atoms with Crippen molar-refractivity contribution in [2.45, 2.75) is 52.0 Å². The number of nitrogens with zero attached hydrogens (tertiary/aromatic N) is 1. The number of hydrogen-bond acceptors (Lipinski definition) is 6. The summed E-state index contributed by atoms with van der Waals surface area (Å²) in [5, 5.41) is 2.75. The van der Waals surface area contributed by atoms with E-state index in [0.29, 0.717) is 19.5 Å². The maximum absolute atomic E-state index is 13.1. The van der Waals surface area contributed by atoms with E-state index in [1.807, 2.05) is 61.6 Å². The second-order valence-electron chi connectivity index (χ2n) is 9.55. The van der Waals surface area contributed by atoms with Crippen LogP contribution in [0.5, 0.6) is 5.75 Å². The standard InChI is InChI=1S/C28H38N2O5/c1-7-11-23(19-30(5)18-21-14-16-24(33-6)17-15-21)25(26(31)35-28(2,3)4)29-27(32)34-20-22-12-9-8-10-13-22/h7-10,12-17,23,25H,1,11,18-20H2,2-6H3,(H,29,32)/t23-,25+/m1/s1. The molecule has 0 saturated heterocycles. The first-order chi connectivity index (χ1) is 16.6. The van der Waals surface area contributed by atoms with Crippen LogP contribution in [0.2, 0.25) is 0 Å². The van der Waals surface area contributed by atoms with Crippen LogP contribution in [0.1, 0.15) is 38.3 Å². The molecule has 2 rings (SSSR count). The summed E-state index contributed by atoms with van der Waals surface area (Å²) in [6.07, 6.45) is 1.59. The van der Waals surface area contributed by atoms with E-state index in [1.165, 1.54) is 0 Å². The summed E-state index contributed by atoms with van der Waals surface area (Å²) in [6.45, 7) is 10.6. The van der Waals surface area contributed by atoms with Crippen LogP contribution in [0.4, 0.5) is 4.79 Å². The number of nitrogens with one attached hydrogen (secondary N) is 1. The molecule has 2 aromatic rings. The van der Waals surface area contributed by atoms with Crippen LogP contribution in [-0.2, 0) is 27.4 Å². The van der Waals surface area contributed by atoms with E-state index in [2.05, 4.69) is 16.8 Å². The first kappa shape index (κ1) is 27.9. The average Bonchev–Trinajstić information content (AvgIpc) is 2.81. The summed E-state index contributed by atoms with van der Waals surface area (Å²) in [5.41, 5.74) is 1.27. The lowest BCUT2D eigenvalue weighted by Crippen LogP contribution is -2.51. The molecule has 2 atom stereocenters. The Morgan fingerprint density at radius 1 is 1.06 bits per heavy atom. The molecule has 0 fully saturated rings. The molecule has 1 N–H and O–H groups in total. The first-order valence-electron chi connectivity index (χ1n) is 11.7. The SMILES string of the molecule is C=CC[C@H](CN(C)Cc1ccc(OC)cc1)[C@H](NC(=O)OCc1ccccc1)C(=O)OC(C)(C)C. The third-order valence-corrected chi connectivity index (χ3v) is 5.25. The number of amides is 1. The quantitative estimate of drug-likeness (QED) is 0.341. The highest BCUT2D eigenvalue weighted by Gasteiger charge is 2.34. The van der Waals surface area contributed by atoms with Crippen LogP contribution in [0.3, 0.4) is 0 Å². The number of hydrogen-bond donors (Lipinski definition) is 1. The van der Waals surface area contributed by atoms with E-state index in [1.54, 1.807) is 34.0 Å². The number of esters is 1. The van der Waals surface area contributed by atoms with Gasteiger partial charge in [-0.15, -0.1) is 6.58 Å². The van der Waals surface area contributed by atoms with Gasteiger partial charge in [0, 0.05) is 19.0 Å². The maximum atomic E-state index is 13.1. The molecule has 0 aliphatic carbocycles. The molecule has 2 aromatic carbocycles. The van der Waals surface area contributed by atoms with Crippen molar-refractivity contribution in [1.29, 1.82) is 0 Å². The number of ether oxygens (including phenoxy) is 3. The highest BCUT2D eigenvalue weighted by Crippen LogP contribution is 2.19. The van der Waals surface area contributed by atoms with Gasteiger partial charge in [0.15, 0.2) is 0 Å². The molecule has 7 heteroatoms. The van der Waals surface area contributed by atoms with Gasteiger partial charge in [0.2, 0.25) is 0 Å². The van der Waals surface area contributed by atoms with Crippen LogP contribution < -0.4 is 10.1 Å². The van der Waals surface area contributed by atoms with Gasteiger partial charge < -0.3 is 24.4 Å². The van der Waals surface area contributed by atoms with Gasteiger partial charge in [0.05, 0.1) is 7.11 Å². The molecule has 0 saturated carbocycles. The summed E-state index contributed by atoms with van der Waals surface area (Å²) >= 11 is 0. The van der Waals surface area contributed by atoms with Crippen molar-refractivity contribution in [2.75, 3.05) is 20.7 Å². The molecule has 7 nitrogen and oxygen atoms in total. The number of carbonyl (C=O) groups excluding carboxylic acids is 2. The van der Waals surface area contributed by atoms with Crippen molar-refractivity contribution in [3.63, 3.8) is 0 Å². The zero-order chi connectivity index (χ0) is 25.8. The van der Waals surface area contributed by atoms with Gasteiger partial charge >= 0.3 is 12.1 Å². The van der Waals surface area contributed by atoms with E-state index in [-0.39, 0.29) is 12.5 Å². The minimum atomic E-state index is -0.895. The Hall–Kier alpha value is -3.32. The van der Waals surface area contributed by atoms with Gasteiger partial charge in [-0.1, -0.05) is 48.5 Å². The predicted octanol–water partition coefficient (Wildman–Crippen LogP) is 4.96. The predicted molar refractivity (Wildman–Crippen MR) is 137 cm³/mol. The van der Waals surface area contributed by atoms with Gasteiger partial charge in [0.25, 0.3) is 0 Å². The van der Waals surface area contributed by atoms with Crippen molar-refractivity contribution >= 4 is 12.1 Å². The normalized spacial score (nSPS) is 13.0. The third-order valence-electron chi connectivity index (χ3n) is 5.25. The zero-order valence-corrected chi connectivity index (χ0v) is 21.5. The minimum absolute atomic E-state index is 0.108. The fraction of sp³-hybridized carbons (Fsp3) is 0.429. The summed E-state index contributed by atoms with van der Waals surface area (Å²) in [7, 11) is 3.61. The monoisotopic (exact) mass is 482 g/mol. The summed E-state index contributed by atoms with van der Waals surface area (Å²) in [5.74, 6) is 0.0258. The number of benzene rings is 2. The summed E-state index contributed by atoms with van der Waals surface area (Å²) in [6, 6.07) is 16.3. The Balaban J connectivity index is 2.12. The van der Waals surface area contributed by atoms with Gasteiger partial charge in [-0.25, -0.2) is 9.59 Å². The fourth-order valence-electron chi connectivity index (χ4n) is 3.66.